The van der Waals surface area contributed by atoms with E-state index in [0.717, 1.165) is 0 Å². The zero-order chi connectivity index (χ0) is 9.14. The van der Waals surface area contributed by atoms with E-state index in [1.807, 2.05) is 13.8 Å². The molecular formula is C6H9FN4O. The van der Waals surface area contributed by atoms with E-state index in [1.54, 1.807) is 0 Å². The monoisotopic (exact) mass is 172 g/mol. The van der Waals surface area contributed by atoms with Crippen LogP contribution < -0.4 is 11.2 Å². The maximum absolute atomic E-state index is 11.7. The van der Waals surface area contributed by atoms with Crippen LogP contribution in [0.2, 0.25) is 0 Å². The van der Waals surface area contributed by atoms with E-state index in [0.29, 0.717) is 0 Å². The number of nitrogens with one attached hydrogen (secondary N) is 1. The van der Waals surface area contributed by atoms with Crippen LogP contribution >= 0.6 is 0 Å². The van der Waals surface area contributed by atoms with Crippen molar-refractivity contribution >= 4 is 5.95 Å². The van der Waals surface area contributed by atoms with E-state index in [1.165, 1.54) is 16.4 Å². The van der Waals surface area contributed by atoms with Crippen molar-refractivity contribution < 1.29 is 4.48 Å². The van der Waals surface area contributed by atoms with E-state index in [4.69, 9.17) is 0 Å². The molecule has 1 heterocycles. The van der Waals surface area contributed by atoms with E-state index in [9.17, 15) is 9.28 Å². The fourth-order valence-corrected chi connectivity index (χ4v) is 0.743. The molecule has 0 saturated carbocycles. The average Bonchev–Trinajstić information content (AvgIpc) is 2.03. The predicted molar refractivity (Wildman–Crippen MR) is 41.4 cm³/mol. The van der Waals surface area contributed by atoms with Crippen molar-refractivity contribution in [2.24, 2.45) is 0 Å². The Morgan fingerprint density at radius 1 is 1.67 bits per heavy atom. The van der Waals surface area contributed by atoms with Crippen molar-refractivity contribution in [2.45, 2.75) is 19.9 Å². The van der Waals surface area contributed by atoms with E-state index in [2.05, 4.69) is 9.97 Å². The van der Waals surface area contributed by atoms with E-state index >= 15 is 0 Å². The van der Waals surface area contributed by atoms with Gasteiger partial charge in [-0.25, -0.2) is 9.78 Å². The van der Waals surface area contributed by atoms with Crippen LogP contribution in [0, 0.1) is 0 Å². The van der Waals surface area contributed by atoms with E-state index < -0.39 is 5.69 Å². The Bertz CT molecular complexity index is 322. The average molecular weight is 172 g/mol. The molecule has 0 fully saturated rings. The summed E-state index contributed by atoms with van der Waals surface area (Å²) in [6, 6.07) is -0.0221. The van der Waals surface area contributed by atoms with Crippen molar-refractivity contribution in [1.82, 2.24) is 14.5 Å². The molecule has 0 bridgehead atoms. The molecule has 0 saturated heterocycles. The van der Waals surface area contributed by atoms with Crippen molar-refractivity contribution in [2.75, 3.05) is 5.54 Å². The number of rotatable bonds is 2. The molecule has 66 valence electrons. The maximum Gasteiger partial charge on any atom is 0.352 e. The Morgan fingerprint density at radius 2 is 2.33 bits per heavy atom. The number of nitrogens with zero attached hydrogens (tertiary/aromatic N) is 3. The van der Waals surface area contributed by atoms with Gasteiger partial charge < -0.3 is 0 Å². The summed E-state index contributed by atoms with van der Waals surface area (Å²) >= 11 is 0. The molecule has 1 N–H and O–H groups in total. The van der Waals surface area contributed by atoms with Crippen molar-refractivity contribution in [3.8, 4) is 0 Å². The smallest absolute Gasteiger partial charge is 0.280 e. The normalized spacial score (nSPS) is 10.3. The second kappa shape index (κ2) is 3.29. The van der Waals surface area contributed by atoms with Crippen LogP contribution in [0.4, 0.5) is 10.4 Å². The summed E-state index contributed by atoms with van der Waals surface area (Å²) < 4.78 is 13.0. The highest BCUT2D eigenvalue weighted by Crippen LogP contribution is 1.98. The van der Waals surface area contributed by atoms with Gasteiger partial charge in [0, 0.05) is 6.04 Å². The number of anilines is 1. The maximum atomic E-state index is 11.7. The Balaban J connectivity index is 3.12. The summed E-state index contributed by atoms with van der Waals surface area (Å²) in [6.07, 6.45) is 1.25. The molecule has 0 aromatic carbocycles. The molecule has 1 aromatic heterocycles. The first-order valence-electron chi connectivity index (χ1n) is 3.47. The summed E-state index contributed by atoms with van der Waals surface area (Å²) in [4.78, 5) is 17.9. The lowest BCUT2D eigenvalue weighted by Gasteiger charge is -2.06. The number of aromatic nitrogens is 3. The minimum absolute atomic E-state index is 0.0221. The predicted octanol–water partition coefficient (Wildman–Crippen LogP) is 0.516. The van der Waals surface area contributed by atoms with Crippen molar-refractivity contribution in [1.29, 1.82) is 0 Å². The van der Waals surface area contributed by atoms with Gasteiger partial charge in [0.15, 0.2) is 0 Å². The van der Waals surface area contributed by atoms with Gasteiger partial charge >= 0.3 is 5.69 Å². The molecule has 0 unspecified atom stereocenters. The summed E-state index contributed by atoms with van der Waals surface area (Å²) in [6.45, 7) is 3.63. The Labute approximate surface area is 68.2 Å². The SMILES string of the molecule is CC(C)n1cnc(NF)nc1=O. The van der Waals surface area contributed by atoms with Crippen LogP contribution in [0.25, 0.3) is 0 Å². The third-order valence-corrected chi connectivity index (χ3v) is 1.37. The lowest BCUT2D eigenvalue weighted by molar-refractivity contribution is 0.540. The molecule has 0 spiro atoms. The Morgan fingerprint density at radius 3 is 2.75 bits per heavy atom. The highest BCUT2D eigenvalue weighted by molar-refractivity contribution is 5.15. The minimum Gasteiger partial charge on any atom is -0.280 e. The molecule has 0 aliphatic rings. The van der Waals surface area contributed by atoms with Gasteiger partial charge in [-0.15, -0.1) is 4.48 Å². The van der Waals surface area contributed by atoms with Gasteiger partial charge in [0.1, 0.15) is 6.33 Å². The minimum atomic E-state index is -0.514. The topological polar surface area (TPSA) is 59.8 Å². The highest BCUT2D eigenvalue weighted by atomic mass is 19.2. The molecular weight excluding hydrogens is 163 g/mol. The molecule has 0 radical (unpaired) electrons. The lowest BCUT2D eigenvalue weighted by Crippen LogP contribution is -2.25. The van der Waals surface area contributed by atoms with Gasteiger partial charge in [0.05, 0.1) is 0 Å². The number of halogens is 1. The lowest BCUT2D eigenvalue weighted by atomic mass is 10.4. The van der Waals surface area contributed by atoms with Crippen LogP contribution in [0.15, 0.2) is 11.1 Å². The van der Waals surface area contributed by atoms with Crippen molar-refractivity contribution in [3.63, 3.8) is 0 Å². The quantitative estimate of drug-likeness (QED) is 0.660. The van der Waals surface area contributed by atoms with Gasteiger partial charge in [-0.2, -0.15) is 10.5 Å². The molecule has 1 aromatic rings. The van der Waals surface area contributed by atoms with Gasteiger partial charge in [-0.05, 0) is 13.8 Å². The van der Waals surface area contributed by atoms with Gasteiger partial charge in [0.25, 0.3) is 5.95 Å². The summed E-state index contributed by atoms with van der Waals surface area (Å²) in [7, 11) is 0. The first-order chi connectivity index (χ1) is 5.65. The van der Waals surface area contributed by atoms with Crippen LogP contribution in [-0.2, 0) is 0 Å². The first kappa shape index (κ1) is 8.63. The molecule has 0 aliphatic heterocycles. The second-order valence-electron chi connectivity index (χ2n) is 2.56. The zero-order valence-electron chi connectivity index (χ0n) is 6.78. The summed E-state index contributed by atoms with van der Waals surface area (Å²) in [5.74, 6) is -0.308. The van der Waals surface area contributed by atoms with Crippen LogP contribution in [0.3, 0.4) is 0 Å². The molecule has 0 aliphatic carbocycles. The van der Waals surface area contributed by atoms with E-state index in [-0.39, 0.29) is 12.0 Å². The molecule has 6 heteroatoms. The highest BCUT2D eigenvalue weighted by Gasteiger charge is 2.03. The van der Waals surface area contributed by atoms with Gasteiger partial charge in [-0.1, -0.05) is 0 Å². The van der Waals surface area contributed by atoms with Crippen molar-refractivity contribution in [3.05, 3.63) is 16.8 Å². The van der Waals surface area contributed by atoms with Crippen LogP contribution in [-0.4, -0.2) is 14.5 Å². The first-order valence-corrected chi connectivity index (χ1v) is 3.47. The van der Waals surface area contributed by atoms with Crippen LogP contribution in [0.1, 0.15) is 19.9 Å². The number of hydrogen-bond donors (Lipinski definition) is 1. The molecule has 12 heavy (non-hydrogen) atoms. The largest absolute Gasteiger partial charge is 0.352 e. The Hall–Kier alpha value is -1.46. The molecule has 0 atom stereocenters. The standard InChI is InChI=1S/C6H9FN4O/c1-4(2)11-3-8-5(10-7)9-6(11)12/h3-4H,1-2H3,(H,9,10,12). The summed E-state index contributed by atoms with van der Waals surface area (Å²) in [5, 5.41) is 0. The van der Waals surface area contributed by atoms with Gasteiger partial charge in [0.2, 0.25) is 0 Å². The summed E-state index contributed by atoms with van der Waals surface area (Å²) in [5.41, 5.74) is 0.685. The molecule has 1 rings (SSSR count). The number of hydrogen-bond acceptors (Lipinski definition) is 4. The van der Waals surface area contributed by atoms with Gasteiger partial charge in [-0.3, -0.25) is 4.57 Å². The Kier molecular flexibility index (Phi) is 2.37. The molecule has 0 amide bonds. The second-order valence-corrected chi connectivity index (χ2v) is 2.56. The van der Waals surface area contributed by atoms with Crippen LogP contribution in [0.5, 0.6) is 0 Å². The fourth-order valence-electron chi connectivity index (χ4n) is 0.743. The third-order valence-electron chi connectivity index (χ3n) is 1.37. The molecule has 5 nitrogen and oxygen atoms in total. The zero-order valence-corrected chi connectivity index (χ0v) is 6.78. The third kappa shape index (κ3) is 1.58. The fraction of sp³-hybridized carbons (Fsp3) is 0.500.